The smallest absolute Gasteiger partial charge is 0.344 e. The van der Waals surface area contributed by atoms with E-state index in [0.717, 1.165) is 22.8 Å². The van der Waals surface area contributed by atoms with E-state index in [1.54, 1.807) is 12.1 Å². The fourth-order valence-electron chi connectivity index (χ4n) is 4.47. The summed E-state index contributed by atoms with van der Waals surface area (Å²) in [4.78, 5) is 10.9. The highest BCUT2D eigenvalue weighted by Gasteiger charge is 2.18. The van der Waals surface area contributed by atoms with Gasteiger partial charge in [0.25, 0.3) is 0 Å². The molecule has 0 spiro atoms. The first-order valence-corrected chi connectivity index (χ1v) is 12.4. The van der Waals surface area contributed by atoms with Crippen molar-refractivity contribution in [2.24, 2.45) is 11.8 Å². The molecule has 0 saturated heterocycles. The molecule has 0 unspecified atom stereocenters. The number of carbonyl (C=O) groups is 1. The molecule has 4 heteroatoms. The molecule has 0 aliphatic heterocycles. The van der Waals surface area contributed by atoms with Crippen LogP contribution in [-0.4, -0.2) is 23.8 Å². The van der Waals surface area contributed by atoms with Gasteiger partial charge in [-0.2, -0.15) is 0 Å². The summed E-state index contributed by atoms with van der Waals surface area (Å²) >= 11 is 0. The van der Waals surface area contributed by atoms with Gasteiger partial charge in [0.05, 0.1) is 0 Å². The van der Waals surface area contributed by atoms with Crippen LogP contribution < -0.4 is 9.47 Å². The van der Waals surface area contributed by atoms with E-state index in [1.165, 1.54) is 58.3 Å². The van der Waals surface area contributed by atoms with Gasteiger partial charge in [-0.25, -0.2) is 4.79 Å². The summed E-state index contributed by atoms with van der Waals surface area (Å²) in [5.41, 5.74) is 2.12. The van der Waals surface area contributed by atoms with E-state index >= 15 is 0 Å². The molecule has 3 rings (SSSR count). The molecule has 1 aliphatic carbocycles. The number of unbranched alkanes of at least 4 members (excludes halogenated alkanes) is 2. The van der Waals surface area contributed by atoms with Gasteiger partial charge in [-0.05, 0) is 79.8 Å². The van der Waals surface area contributed by atoms with Gasteiger partial charge in [0.2, 0.25) is 0 Å². The maximum Gasteiger partial charge on any atom is 0.344 e. The lowest BCUT2D eigenvalue weighted by atomic mass is 9.79. The van der Waals surface area contributed by atoms with Gasteiger partial charge < -0.3 is 14.6 Å². The van der Waals surface area contributed by atoms with E-state index in [4.69, 9.17) is 14.6 Å². The molecule has 0 radical (unpaired) electrons. The molecule has 0 aromatic heterocycles. The molecule has 1 aliphatic rings. The Labute approximate surface area is 198 Å². The van der Waals surface area contributed by atoms with Crippen molar-refractivity contribution in [3.05, 3.63) is 60.7 Å². The van der Waals surface area contributed by atoms with Gasteiger partial charge in [-0.15, -0.1) is 0 Å². The highest BCUT2D eigenvalue weighted by Crippen LogP contribution is 2.32. The second-order valence-electron chi connectivity index (χ2n) is 9.16. The number of hydrogen-bond donors (Lipinski definition) is 1. The first-order chi connectivity index (χ1) is 16.0. The zero-order chi connectivity index (χ0) is 23.5. The van der Waals surface area contributed by atoms with E-state index in [9.17, 15) is 4.79 Å². The lowest BCUT2D eigenvalue weighted by molar-refractivity contribution is -0.144. The third kappa shape index (κ3) is 8.27. The van der Waals surface area contributed by atoms with E-state index in [-0.39, 0.29) is 0 Å². The molecular formula is C29H38O4. The van der Waals surface area contributed by atoms with Crippen molar-refractivity contribution in [1.29, 1.82) is 0 Å². The lowest BCUT2D eigenvalue weighted by Gasteiger charge is -2.26. The van der Waals surface area contributed by atoms with Crippen molar-refractivity contribution >= 4 is 5.97 Å². The monoisotopic (exact) mass is 450 g/mol. The fraction of sp³-hybridized carbons (Fsp3) is 0.483. The molecule has 33 heavy (non-hydrogen) atoms. The highest BCUT2D eigenvalue weighted by atomic mass is 16.5. The number of aliphatic carboxylic acids is 1. The summed E-state index contributed by atoms with van der Waals surface area (Å²) in [6, 6.07) is 15.5. The largest absolute Gasteiger partial charge is 0.490 e. The topological polar surface area (TPSA) is 55.8 Å². The Morgan fingerprint density at radius 1 is 0.970 bits per heavy atom. The third-order valence-corrected chi connectivity index (χ3v) is 6.56. The standard InChI is InChI=1S/C29H38O4/c1-3-4-5-7-23-9-11-24(12-10-23)8-6-21-32-27-17-13-25(14-18-27)26-15-19-28(20-16-26)33-22(2)29(30)31/h6,8,13-20,22-24H,3-5,7,9-12,21H2,1-2H3,(H,30,31)/t22-,23-,24-/m1/s1. The summed E-state index contributed by atoms with van der Waals surface area (Å²) in [7, 11) is 0. The minimum Gasteiger partial charge on any atom is -0.490 e. The minimum absolute atomic E-state index is 0.547. The molecule has 178 valence electrons. The van der Waals surface area contributed by atoms with Crippen molar-refractivity contribution < 1.29 is 19.4 Å². The molecule has 2 aromatic carbocycles. The Bertz CT molecular complexity index is 861. The highest BCUT2D eigenvalue weighted by molar-refractivity contribution is 5.72. The number of benzene rings is 2. The van der Waals surface area contributed by atoms with Crippen LogP contribution >= 0.6 is 0 Å². The maximum absolute atomic E-state index is 10.9. The van der Waals surface area contributed by atoms with Crippen molar-refractivity contribution in [3.63, 3.8) is 0 Å². The molecule has 1 saturated carbocycles. The van der Waals surface area contributed by atoms with Crippen molar-refractivity contribution in [3.8, 4) is 22.6 Å². The zero-order valence-corrected chi connectivity index (χ0v) is 20.0. The fourth-order valence-corrected chi connectivity index (χ4v) is 4.47. The van der Waals surface area contributed by atoms with Crippen LogP contribution in [0.1, 0.15) is 65.2 Å². The number of carboxylic acids is 1. The van der Waals surface area contributed by atoms with E-state index in [2.05, 4.69) is 19.1 Å². The molecule has 0 amide bonds. The van der Waals surface area contributed by atoms with E-state index < -0.39 is 12.1 Å². The molecule has 0 bridgehead atoms. The van der Waals surface area contributed by atoms with Crippen LogP contribution in [0.4, 0.5) is 0 Å². The van der Waals surface area contributed by atoms with E-state index in [0.29, 0.717) is 18.3 Å². The first kappa shape index (κ1) is 24.9. The molecule has 4 nitrogen and oxygen atoms in total. The van der Waals surface area contributed by atoms with Gasteiger partial charge >= 0.3 is 5.97 Å². The summed E-state index contributed by atoms with van der Waals surface area (Å²) in [5.74, 6) is 2.09. The quantitative estimate of drug-likeness (QED) is 0.268. The second kappa shape index (κ2) is 13.1. The average molecular weight is 451 g/mol. The van der Waals surface area contributed by atoms with Gasteiger partial charge in [0.15, 0.2) is 6.10 Å². The number of carboxylic acid groups (broad SMARTS) is 1. The molecule has 0 heterocycles. The molecule has 1 fully saturated rings. The Morgan fingerprint density at radius 3 is 2.15 bits per heavy atom. The van der Waals surface area contributed by atoms with Gasteiger partial charge in [0.1, 0.15) is 18.1 Å². The molecule has 1 atom stereocenters. The number of allylic oxidation sites excluding steroid dienone is 1. The van der Waals surface area contributed by atoms with Crippen LogP contribution in [-0.2, 0) is 4.79 Å². The average Bonchev–Trinajstić information content (AvgIpc) is 2.84. The van der Waals surface area contributed by atoms with Crippen molar-refractivity contribution in [2.45, 2.75) is 71.3 Å². The predicted octanol–water partition coefficient (Wildman–Crippen LogP) is 7.53. The Morgan fingerprint density at radius 2 is 1.58 bits per heavy atom. The second-order valence-corrected chi connectivity index (χ2v) is 9.16. The van der Waals surface area contributed by atoms with Gasteiger partial charge in [0, 0.05) is 0 Å². The molecule has 2 aromatic rings. The summed E-state index contributed by atoms with van der Waals surface area (Å²) in [6.07, 6.45) is 14.6. The van der Waals surface area contributed by atoms with Crippen LogP contribution in [0, 0.1) is 11.8 Å². The zero-order valence-electron chi connectivity index (χ0n) is 20.0. The third-order valence-electron chi connectivity index (χ3n) is 6.56. The molecular weight excluding hydrogens is 412 g/mol. The van der Waals surface area contributed by atoms with Crippen LogP contribution in [0.2, 0.25) is 0 Å². The van der Waals surface area contributed by atoms with Crippen LogP contribution in [0.25, 0.3) is 11.1 Å². The normalized spacial score (nSPS) is 19.3. The van der Waals surface area contributed by atoms with Crippen LogP contribution in [0.5, 0.6) is 11.5 Å². The number of hydrogen-bond acceptors (Lipinski definition) is 3. The molecule has 1 N–H and O–H groups in total. The first-order valence-electron chi connectivity index (χ1n) is 12.4. The van der Waals surface area contributed by atoms with Crippen LogP contribution in [0.15, 0.2) is 60.7 Å². The lowest BCUT2D eigenvalue weighted by Crippen LogP contribution is -2.22. The van der Waals surface area contributed by atoms with Crippen molar-refractivity contribution in [2.75, 3.05) is 6.61 Å². The number of rotatable bonds is 12. The van der Waals surface area contributed by atoms with Gasteiger partial charge in [-0.1, -0.05) is 69.0 Å². The Hall–Kier alpha value is -2.75. The van der Waals surface area contributed by atoms with Gasteiger partial charge in [-0.3, -0.25) is 0 Å². The van der Waals surface area contributed by atoms with E-state index in [1.807, 2.05) is 36.4 Å². The Balaban J connectivity index is 1.40. The Kier molecular flexibility index (Phi) is 9.86. The maximum atomic E-state index is 10.9. The summed E-state index contributed by atoms with van der Waals surface area (Å²) < 4.78 is 11.3. The predicted molar refractivity (Wildman–Crippen MR) is 134 cm³/mol. The summed E-state index contributed by atoms with van der Waals surface area (Å²) in [5, 5.41) is 8.95. The SMILES string of the molecule is CCCCC[C@H]1CC[C@H](C=CCOc2ccc(-c3ccc(O[C@H](C)C(=O)O)cc3)cc2)CC1. The minimum atomic E-state index is -0.977. The van der Waals surface area contributed by atoms with Crippen LogP contribution in [0.3, 0.4) is 0 Å². The summed E-state index contributed by atoms with van der Waals surface area (Å²) in [6.45, 7) is 4.40. The van der Waals surface area contributed by atoms with Crippen molar-refractivity contribution in [1.82, 2.24) is 0 Å². The number of ether oxygens (including phenoxy) is 2.